The van der Waals surface area contributed by atoms with Gasteiger partial charge in [0.25, 0.3) is 5.91 Å². The number of methoxy groups -OCH3 is 1. The third-order valence-corrected chi connectivity index (χ3v) is 7.04. The van der Waals surface area contributed by atoms with Crippen molar-refractivity contribution in [3.05, 3.63) is 29.8 Å². The zero-order valence-corrected chi connectivity index (χ0v) is 18.6. The van der Waals surface area contributed by atoms with Crippen LogP contribution in [0.3, 0.4) is 0 Å². The highest BCUT2D eigenvalue weighted by Crippen LogP contribution is 2.25. The summed E-state index contributed by atoms with van der Waals surface area (Å²) >= 11 is 0. The van der Waals surface area contributed by atoms with Gasteiger partial charge in [-0.25, -0.2) is 0 Å². The second-order valence-electron chi connectivity index (χ2n) is 9.28. The zero-order valence-electron chi connectivity index (χ0n) is 18.6. The fourth-order valence-corrected chi connectivity index (χ4v) is 5.19. The van der Waals surface area contributed by atoms with Crippen molar-refractivity contribution >= 4 is 5.91 Å². The highest BCUT2D eigenvalue weighted by Gasteiger charge is 2.29. The number of piperidine rings is 2. The van der Waals surface area contributed by atoms with Crippen molar-refractivity contribution in [2.45, 2.75) is 44.2 Å². The van der Waals surface area contributed by atoms with Crippen LogP contribution in [-0.4, -0.2) is 92.8 Å². The molecule has 0 bridgehead atoms. The highest BCUT2D eigenvalue weighted by atomic mass is 16.5. The van der Waals surface area contributed by atoms with Crippen molar-refractivity contribution in [3.8, 4) is 5.75 Å². The Morgan fingerprint density at radius 2 is 1.80 bits per heavy atom. The molecule has 6 heteroatoms. The molecular formula is C24H37N3O3. The Morgan fingerprint density at radius 3 is 2.53 bits per heavy atom. The molecule has 0 spiro atoms. The lowest BCUT2D eigenvalue weighted by Crippen LogP contribution is -2.48. The molecule has 6 nitrogen and oxygen atoms in total. The Bertz CT molecular complexity index is 697. The van der Waals surface area contributed by atoms with Crippen molar-refractivity contribution in [3.63, 3.8) is 0 Å². The van der Waals surface area contributed by atoms with Crippen LogP contribution >= 0.6 is 0 Å². The first-order valence-electron chi connectivity index (χ1n) is 11.6. The molecule has 0 unspecified atom stereocenters. The fourth-order valence-electron chi connectivity index (χ4n) is 5.19. The number of likely N-dealkylation sites (tertiary alicyclic amines) is 3. The van der Waals surface area contributed by atoms with Gasteiger partial charge in [0.1, 0.15) is 11.9 Å². The van der Waals surface area contributed by atoms with E-state index in [1.165, 1.54) is 25.9 Å². The van der Waals surface area contributed by atoms with Crippen LogP contribution in [-0.2, 0) is 4.74 Å². The van der Waals surface area contributed by atoms with Crippen molar-refractivity contribution in [1.29, 1.82) is 0 Å². The van der Waals surface area contributed by atoms with E-state index in [0.29, 0.717) is 5.92 Å². The third-order valence-electron chi connectivity index (χ3n) is 7.04. The first-order chi connectivity index (χ1) is 14.6. The van der Waals surface area contributed by atoms with E-state index in [4.69, 9.17) is 9.47 Å². The normalized spacial score (nSPS) is 25.0. The van der Waals surface area contributed by atoms with Gasteiger partial charge in [0.2, 0.25) is 0 Å². The summed E-state index contributed by atoms with van der Waals surface area (Å²) in [6.07, 6.45) is 5.97. The molecule has 3 saturated heterocycles. The minimum absolute atomic E-state index is 0.108. The minimum atomic E-state index is 0.108. The second-order valence-corrected chi connectivity index (χ2v) is 9.28. The number of rotatable bonds is 6. The molecule has 0 N–H and O–H groups in total. The quantitative estimate of drug-likeness (QED) is 0.715. The predicted molar refractivity (Wildman–Crippen MR) is 118 cm³/mol. The fraction of sp³-hybridized carbons (Fsp3) is 0.708. The first kappa shape index (κ1) is 21.6. The van der Waals surface area contributed by atoms with E-state index in [0.717, 1.165) is 69.4 Å². The van der Waals surface area contributed by atoms with Gasteiger partial charge in [-0.3, -0.25) is 4.79 Å². The van der Waals surface area contributed by atoms with Gasteiger partial charge in [-0.2, -0.15) is 0 Å². The summed E-state index contributed by atoms with van der Waals surface area (Å²) in [4.78, 5) is 19.9. The number of ether oxygens (including phenoxy) is 2. The largest absolute Gasteiger partial charge is 0.490 e. The van der Waals surface area contributed by atoms with Crippen LogP contribution in [0, 0.1) is 5.92 Å². The van der Waals surface area contributed by atoms with Crippen molar-refractivity contribution in [2.75, 3.05) is 60.0 Å². The standard InChI is InChI=1S/C24H37N3O3/c1-25-11-7-21(8-12-25)26-14-9-22(10-15-26)30-23-5-3-4-20(16-23)24(28)27-13-6-19(17-27)18-29-2/h3-5,16,19,21-22H,6-15,17-18H2,1-2H3/t19-/m0/s1. The number of hydrogen-bond acceptors (Lipinski definition) is 5. The van der Waals surface area contributed by atoms with Crippen LogP contribution < -0.4 is 4.74 Å². The zero-order chi connectivity index (χ0) is 20.9. The molecule has 166 valence electrons. The lowest BCUT2D eigenvalue weighted by molar-refractivity contribution is 0.0524. The lowest BCUT2D eigenvalue weighted by Gasteiger charge is -2.41. The van der Waals surface area contributed by atoms with Crippen molar-refractivity contribution < 1.29 is 14.3 Å². The SMILES string of the molecule is COC[C@H]1CCN(C(=O)c2cccc(OC3CCN(C4CCN(C)CC4)CC3)c2)C1. The third kappa shape index (κ3) is 5.34. The smallest absolute Gasteiger partial charge is 0.253 e. The Morgan fingerprint density at radius 1 is 1.03 bits per heavy atom. The van der Waals surface area contributed by atoms with Crippen LogP contribution in [0.4, 0.5) is 0 Å². The van der Waals surface area contributed by atoms with Crippen LogP contribution in [0.15, 0.2) is 24.3 Å². The van der Waals surface area contributed by atoms with Crippen LogP contribution in [0.1, 0.15) is 42.5 Å². The molecule has 3 aliphatic rings. The summed E-state index contributed by atoms with van der Waals surface area (Å²) in [6.45, 7) is 6.98. The summed E-state index contributed by atoms with van der Waals surface area (Å²) in [7, 11) is 3.94. The van der Waals surface area contributed by atoms with Crippen LogP contribution in [0.5, 0.6) is 5.75 Å². The van der Waals surface area contributed by atoms with Gasteiger partial charge in [-0.1, -0.05) is 6.07 Å². The molecule has 0 radical (unpaired) electrons. The Labute approximate surface area is 181 Å². The summed E-state index contributed by atoms with van der Waals surface area (Å²) in [5, 5.41) is 0. The van der Waals surface area contributed by atoms with Gasteiger partial charge >= 0.3 is 0 Å². The molecule has 1 amide bonds. The van der Waals surface area contributed by atoms with Crippen molar-refractivity contribution in [1.82, 2.24) is 14.7 Å². The van der Waals surface area contributed by atoms with E-state index in [9.17, 15) is 4.79 Å². The maximum absolute atomic E-state index is 12.9. The van der Waals surface area contributed by atoms with Crippen LogP contribution in [0.25, 0.3) is 0 Å². The minimum Gasteiger partial charge on any atom is -0.490 e. The molecule has 3 fully saturated rings. The predicted octanol–water partition coefficient (Wildman–Crippen LogP) is 2.73. The van der Waals surface area contributed by atoms with Gasteiger partial charge < -0.3 is 24.2 Å². The molecule has 3 aliphatic heterocycles. The van der Waals surface area contributed by atoms with E-state index in [-0.39, 0.29) is 12.0 Å². The average molecular weight is 416 g/mol. The molecule has 0 aliphatic carbocycles. The Kier molecular flexibility index (Phi) is 7.28. The van der Waals surface area contributed by atoms with E-state index < -0.39 is 0 Å². The summed E-state index contributed by atoms with van der Waals surface area (Å²) in [6, 6.07) is 8.50. The molecular weight excluding hydrogens is 378 g/mol. The van der Waals surface area contributed by atoms with Gasteiger partial charge in [-0.15, -0.1) is 0 Å². The molecule has 30 heavy (non-hydrogen) atoms. The second kappa shape index (κ2) is 10.1. The maximum Gasteiger partial charge on any atom is 0.253 e. The number of carbonyl (C=O) groups excluding carboxylic acids is 1. The summed E-state index contributed by atoms with van der Waals surface area (Å²) < 4.78 is 11.5. The molecule has 1 aromatic carbocycles. The average Bonchev–Trinajstić information content (AvgIpc) is 3.23. The highest BCUT2D eigenvalue weighted by molar-refractivity contribution is 5.94. The lowest BCUT2D eigenvalue weighted by atomic mass is 9.99. The maximum atomic E-state index is 12.9. The van der Waals surface area contributed by atoms with Gasteiger partial charge in [0.05, 0.1) is 6.61 Å². The van der Waals surface area contributed by atoms with Gasteiger partial charge in [0, 0.05) is 50.8 Å². The molecule has 0 aromatic heterocycles. The van der Waals surface area contributed by atoms with E-state index in [1.54, 1.807) is 7.11 Å². The molecule has 4 rings (SSSR count). The number of nitrogens with zero attached hydrogens (tertiary/aromatic N) is 3. The van der Waals surface area contributed by atoms with Crippen LogP contribution in [0.2, 0.25) is 0 Å². The van der Waals surface area contributed by atoms with E-state index >= 15 is 0 Å². The number of carbonyl (C=O) groups is 1. The molecule has 3 heterocycles. The monoisotopic (exact) mass is 415 g/mol. The Hall–Kier alpha value is -1.63. The number of amides is 1. The van der Waals surface area contributed by atoms with Gasteiger partial charge in [0.15, 0.2) is 0 Å². The Balaban J connectivity index is 1.27. The van der Waals surface area contributed by atoms with E-state index in [1.807, 2.05) is 29.2 Å². The number of benzene rings is 1. The summed E-state index contributed by atoms with van der Waals surface area (Å²) in [5.74, 6) is 1.38. The first-order valence-corrected chi connectivity index (χ1v) is 11.6. The summed E-state index contributed by atoms with van der Waals surface area (Å²) in [5.41, 5.74) is 0.731. The van der Waals surface area contributed by atoms with Gasteiger partial charge in [-0.05, 0) is 70.4 Å². The van der Waals surface area contributed by atoms with E-state index in [2.05, 4.69) is 16.8 Å². The molecule has 1 aromatic rings. The topological polar surface area (TPSA) is 45.2 Å². The molecule has 1 atom stereocenters. The van der Waals surface area contributed by atoms with Crippen molar-refractivity contribution in [2.24, 2.45) is 5.92 Å². The number of hydrogen-bond donors (Lipinski definition) is 0. The molecule has 0 saturated carbocycles.